The first-order valence-corrected chi connectivity index (χ1v) is 38.8. The molecular formula is C93H106N2O2. The Morgan fingerprint density at radius 1 is 0.320 bits per heavy atom. The number of nitrogens with zero attached hydrogens (tertiary/aromatic N) is 2. The van der Waals surface area contributed by atoms with Gasteiger partial charge in [-0.05, 0) is 176 Å². The van der Waals surface area contributed by atoms with Crippen LogP contribution in [0.25, 0.3) is 88.4 Å². The van der Waals surface area contributed by atoms with Gasteiger partial charge in [0.2, 0.25) is 0 Å². The molecule has 11 aromatic rings. The van der Waals surface area contributed by atoms with Gasteiger partial charge in [-0.15, -0.1) is 0 Å². The number of benzene rings is 8. The molecule has 0 fully saturated rings. The molecule has 0 atom stereocenters. The number of pyridine rings is 1. The monoisotopic (exact) mass is 1280 g/mol. The molecule has 0 spiro atoms. The van der Waals surface area contributed by atoms with Crippen molar-refractivity contribution in [2.24, 2.45) is 0 Å². The number of hydrogen-bond acceptors (Lipinski definition) is 4. The highest BCUT2D eigenvalue weighted by Crippen LogP contribution is 2.66. The number of anilines is 3. The average Bonchev–Trinajstić information content (AvgIpc) is 1.52. The van der Waals surface area contributed by atoms with Gasteiger partial charge < -0.3 is 13.7 Å². The van der Waals surface area contributed by atoms with Crippen molar-refractivity contribution in [2.45, 2.75) is 257 Å². The van der Waals surface area contributed by atoms with Gasteiger partial charge in [0, 0.05) is 78.2 Å². The zero-order chi connectivity index (χ0) is 66.5. The van der Waals surface area contributed by atoms with Gasteiger partial charge in [-0.3, -0.25) is 4.98 Å². The Balaban J connectivity index is 0.926. The summed E-state index contributed by atoms with van der Waals surface area (Å²) < 4.78 is 14.1. The van der Waals surface area contributed by atoms with Crippen molar-refractivity contribution < 1.29 is 8.83 Å². The van der Waals surface area contributed by atoms with Crippen LogP contribution in [-0.2, 0) is 21.7 Å². The third-order valence-corrected chi connectivity index (χ3v) is 24.5. The zero-order valence-corrected chi connectivity index (χ0v) is 60.0. The maximum Gasteiger partial charge on any atom is 0.144 e. The Hall–Kier alpha value is -7.69. The molecule has 97 heavy (non-hydrogen) atoms. The van der Waals surface area contributed by atoms with E-state index in [0.717, 1.165) is 40.9 Å². The molecule has 0 bridgehead atoms. The molecule has 0 saturated heterocycles. The molecule has 0 N–H and O–H groups in total. The van der Waals surface area contributed by atoms with E-state index in [-0.39, 0.29) is 21.7 Å². The normalized spacial score (nSPS) is 15.3. The van der Waals surface area contributed by atoms with Crippen molar-refractivity contribution in [3.63, 3.8) is 0 Å². The van der Waals surface area contributed by atoms with E-state index in [0.29, 0.717) is 0 Å². The molecule has 15 rings (SSSR count). The molecule has 500 valence electrons. The van der Waals surface area contributed by atoms with Gasteiger partial charge >= 0.3 is 0 Å². The summed E-state index contributed by atoms with van der Waals surface area (Å²) in [6.07, 6.45) is 39.6. The van der Waals surface area contributed by atoms with E-state index in [1.54, 1.807) is 16.7 Å². The summed E-state index contributed by atoms with van der Waals surface area (Å²) in [4.78, 5) is 7.26. The summed E-state index contributed by atoms with van der Waals surface area (Å²) in [7, 11) is 0. The fraction of sp³-hybridized carbons (Fsp3) is 0.430. The standard InChI is InChI=1S/C93H106N2O2/c1-9-13-17-21-25-35-53-92(54-36-26-22-18-14-10-2)74-49-50-81-83(69-40-30-33-43-79(69)96-81)82(74)72-62-77-71(61-78(72)92)66-47-45-65(60-76(66)93(77,55-37-27-23-19-15-11-3)56-38-28-24-20-16-12-4)95(63-51-57-94-58-52-63)64-46-48-68-75(59-64)91(7,8)88-86(68)89-85(70-41-31-34-44-80(70)97-89)84-67-39-29-32-42-73(67)90(5,6)87(84)88/h29-34,39-52,57-62H,9-28,35-38,53-56H2,1-8H3. The lowest BCUT2D eigenvalue weighted by molar-refractivity contribution is 0.394. The van der Waals surface area contributed by atoms with Gasteiger partial charge in [-0.2, -0.15) is 0 Å². The molecule has 4 aliphatic carbocycles. The molecule has 4 heteroatoms. The predicted octanol–water partition coefficient (Wildman–Crippen LogP) is 28.5. The van der Waals surface area contributed by atoms with Crippen molar-refractivity contribution in [1.82, 2.24) is 4.98 Å². The average molecular weight is 1280 g/mol. The highest BCUT2D eigenvalue weighted by Gasteiger charge is 2.51. The third-order valence-electron chi connectivity index (χ3n) is 24.5. The fourth-order valence-corrected chi connectivity index (χ4v) is 19.7. The molecule has 0 amide bonds. The first-order valence-electron chi connectivity index (χ1n) is 38.8. The molecule has 0 aliphatic heterocycles. The van der Waals surface area contributed by atoms with Crippen molar-refractivity contribution in [2.75, 3.05) is 4.90 Å². The first kappa shape index (κ1) is 65.3. The molecule has 3 aromatic heterocycles. The van der Waals surface area contributed by atoms with Crippen LogP contribution in [-0.4, -0.2) is 4.98 Å². The van der Waals surface area contributed by atoms with Crippen molar-refractivity contribution in [3.05, 3.63) is 202 Å². The van der Waals surface area contributed by atoms with Crippen LogP contribution in [0.5, 0.6) is 0 Å². The summed E-state index contributed by atoms with van der Waals surface area (Å²) in [5.41, 5.74) is 29.6. The lowest BCUT2D eigenvalue weighted by Gasteiger charge is -2.35. The van der Waals surface area contributed by atoms with Crippen LogP contribution in [0.4, 0.5) is 17.1 Å². The summed E-state index contributed by atoms with van der Waals surface area (Å²) >= 11 is 0. The van der Waals surface area contributed by atoms with Gasteiger partial charge in [-0.1, -0.05) is 288 Å². The number of unbranched alkanes of at least 4 members (excludes halogenated alkanes) is 20. The maximum atomic E-state index is 7.20. The van der Waals surface area contributed by atoms with Gasteiger partial charge in [0.25, 0.3) is 0 Å². The van der Waals surface area contributed by atoms with Crippen LogP contribution in [0.3, 0.4) is 0 Å². The third kappa shape index (κ3) is 11.0. The minimum Gasteiger partial charge on any atom is -0.456 e. The Bertz CT molecular complexity index is 4650. The number of hydrogen-bond donors (Lipinski definition) is 0. The molecule has 3 heterocycles. The van der Waals surface area contributed by atoms with Crippen molar-refractivity contribution in [3.8, 4) is 44.5 Å². The summed E-state index contributed by atoms with van der Waals surface area (Å²) in [5.74, 6) is 0. The maximum absolute atomic E-state index is 7.20. The van der Waals surface area contributed by atoms with E-state index in [9.17, 15) is 0 Å². The van der Waals surface area contributed by atoms with Crippen LogP contribution < -0.4 is 4.90 Å². The van der Waals surface area contributed by atoms with Gasteiger partial charge in [0.15, 0.2) is 0 Å². The second-order valence-corrected chi connectivity index (χ2v) is 31.2. The second-order valence-electron chi connectivity index (χ2n) is 31.2. The van der Waals surface area contributed by atoms with Crippen molar-refractivity contribution in [1.29, 1.82) is 0 Å². The Kier molecular flexibility index (Phi) is 18.3. The summed E-state index contributed by atoms with van der Waals surface area (Å²) in [5, 5.41) is 5.02. The lowest BCUT2D eigenvalue weighted by Crippen LogP contribution is -2.27. The highest BCUT2D eigenvalue weighted by atomic mass is 16.3. The highest BCUT2D eigenvalue weighted by molar-refractivity contribution is 6.21. The Morgan fingerprint density at radius 3 is 1.38 bits per heavy atom. The number of para-hydroxylation sites is 2. The largest absolute Gasteiger partial charge is 0.456 e. The molecule has 0 saturated carbocycles. The van der Waals surface area contributed by atoms with Gasteiger partial charge in [0.1, 0.15) is 22.3 Å². The number of aromatic nitrogens is 1. The summed E-state index contributed by atoms with van der Waals surface area (Å²) in [6, 6.07) is 57.1. The smallest absolute Gasteiger partial charge is 0.144 e. The lowest BCUT2D eigenvalue weighted by atomic mass is 9.68. The van der Waals surface area contributed by atoms with Crippen LogP contribution in [0.15, 0.2) is 167 Å². The van der Waals surface area contributed by atoms with Crippen molar-refractivity contribution >= 4 is 60.9 Å². The van der Waals surface area contributed by atoms with Crippen LogP contribution in [0, 0.1) is 0 Å². The van der Waals surface area contributed by atoms with Crippen LogP contribution in [0.1, 0.15) is 280 Å². The Morgan fingerprint density at radius 2 is 0.773 bits per heavy atom. The predicted molar refractivity (Wildman–Crippen MR) is 413 cm³/mol. The van der Waals surface area contributed by atoms with E-state index >= 15 is 0 Å². The minimum atomic E-state index is -0.350. The summed E-state index contributed by atoms with van der Waals surface area (Å²) in [6.45, 7) is 19.3. The molecular weight excluding hydrogens is 1180 g/mol. The molecule has 4 aliphatic rings. The number of furan rings is 2. The molecule has 4 nitrogen and oxygen atoms in total. The van der Waals surface area contributed by atoms with E-state index in [4.69, 9.17) is 8.83 Å². The van der Waals surface area contributed by atoms with Crippen LogP contribution in [0.2, 0.25) is 0 Å². The van der Waals surface area contributed by atoms with E-state index in [1.807, 2.05) is 12.4 Å². The SMILES string of the molecule is CCCCCCCCC1(CCCCCCCC)c2cc(N(c3ccncc3)c3ccc4c(c3)C(C)(C)c3c5c(c6c(oc7ccccc76)c3-4)-c3ccccc3C5(C)C)ccc2-c2cc3c(cc21)-c1c(ccc2oc4ccccc4c12)C3(CCCCCCCC)CCCCCCCC. The topological polar surface area (TPSA) is 42.4 Å². The van der Waals surface area contributed by atoms with E-state index < -0.39 is 0 Å². The van der Waals surface area contributed by atoms with E-state index in [1.165, 1.54) is 272 Å². The minimum absolute atomic E-state index is 0.0964. The molecule has 0 radical (unpaired) electrons. The molecule has 8 aromatic carbocycles. The zero-order valence-electron chi connectivity index (χ0n) is 60.0. The van der Waals surface area contributed by atoms with Gasteiger partial charge in [0.05, 0.1) is 0 Å². The second kappa shape index (κ2) is 27.2. The Labute approximate surface area is 580 Å². The number of rotatable bonds is 31. The fourth-order valence-electron chi connectivity index (χ4n) is 19.7. The van der Waals surface area contributed by atoms with Gasteiger partial charge in [-0.25, -0.2) is 0 Å². The van der Waals surface area contributed by atoms with E-state index in [2.05, 4.69) is 211 Å². The number of fused-ring (bicyclic) bond motifs is 22. The quantitative estimate of drug-likeness (QED) is 0.0406. The first-order chi connectivity index (χ1) is 47.5. The molecule has 0 unspecified atom stereocenters. The van der Waals surface area contributed by atoms with Crippen LogP contribution >= 0.6 is 0 Å².